The number of rotatable bonds is 6. The number of H-pyrrole nitrogens is 1. The van der Waals surface area contributed by atoms with Gasteiger partial charge in [0.15, 0.2) is 0 Å². The molecule has 2 aromatic carbocycles. The van der Waals surface area contributed by atoms with Gasteiger partial charge in [-0.3, -0.25) is 4.90 Å². The fourth-order valence-electron chi connectivity index (χ4n) is 3.20. The lowest BCUT2D eigenvalue weighted by Crippen LogP contribution is -2.23. The lowest BCUT2D eigenvalue weighted by Gasteiger charge is -2.16. The zero-order valence-electron chi connectivity index (χ0n) is 17.4. The zero-order valence-corrected chi connectivity index (χ0v) is 17.4. The summed E-state index contributed by atoms with van der Waals surface area (Å²) in [6, 6.07) is 13.9. The molecule has 0 saturated carbocycles. The maximum Gasteiger partial charge on any atom is 0.414 e. The molecule has 1 amide bonds. The molecule has 6 heteroatoms. The zero-order chi connectivity index (χ0) is 20.6. The van der Waals surface area contributed by atoms with E-state index in [4.69, 9.17) is 9.47 Å². The second-order valence-corrected chi connectivity index (χ2v) is 7.12. The van der Waals surface area contributed by atoms with Crippen molar-refractivity contribution >= 4 is 22.8 Å². The van der Waals surface area contributed by atoms with E-state index in [0.717, 1.165) is 35.3 Å². The number of aromatic nitrogens is 2. The highest BCUT2D eigenvalue weighted by Gasteiger charge is 2.23. The van der Waals surface area contributed by atoms with E-state index >= 15 is 0 Å². The molecule has 154 valence electrons. The summed E-state index contributed by atoms with van der Waals surface area (Å²) in [5, 5.41) is 0. The van der Waals surface area contributed by atoms with Crippen molar-refractivity contribution in [1.82, 2.24) is 9.97 Å². The van der Waals surface area contributed by atoms with Gasteiger partial charge in [-0.25, -0.2) is 9.78 Å². The Bertz CT molecular complexity index is 921. The number of aromatic amines is 1. The van der Waals surface area contributed by atoms with Crippen molar-refractivity contribution < 1.29 is 14.3 Å². The molecule has 1 unspecified atom stereocenters. The Kier molecular flexibility index (Phi) is 7.11. The first-order valence-corrected chi connectivity index (χ1v) is 10.2. The van der Waals surface area contributed by atoms with Gasteiger partial charge in [0.25, 0.3) is 0 Å². The Morgan fingerprint density at radius 2 is 2.00 bits per heavy atom. The summed E-state index contributed by atoms with van der Waals surface area (Å²) >= 11 is 0. The fourth-order valence-corrected chi connectivity index (χ4v) is 3.20. The normalized spacial score (nSPS) is 14.3. The van der Waals surface area contributed by atoms with Crippen LogP contribution in [0, 0.1) is 6.92 Å². The van der Waals surface area contributed by atoms with Crippen molar-refractivity contribution in [3.63, 3.8) is 0 Å². The van der Waals surface area contributed by atoms with Gasteiger partial charge in [-0.15, -0.1) is 0 Å². The number of aryl methyl sites for hydroxylation is 1. The number of carbonyl (C=O) groups is 1. The van der Waals surface area contributed by atoms with E-state index < -0.39 is 0 Å². The van der Waals surface area contributed by atoms with Gasteiger partial charge in [-0.2, -0.15) is 0 Å². The summed E-state index contributed by atoms with van der Waals surface area (Å²) in [6.07, 6.45) is 5.14. The van der Waals surface area contributed by atoms with E-state index in [1.165, 1.54) is 12.0 Å². The van der Waals surface area contributed by atoms with Crippen LogP contribution in [0.2, 0.25) is 0 Å². The average molecular weight is 396 g/mol. The number of benzene rings is 2. The lowest BCUT2D eigenvalue weighted by atomic mass is 10.1. The summed E-state index contributed by atoms with van der Waals surface area (Å²) in [5.74, 6) is 0.996. The molecule has 1 aliphatic rings. The third-order valence-corrected chi connectivity index (χ3v) is 4.87. The number of imidazole rings is 1. The van der Waals surface area contributed by atoms with E-state index in [-0.39, 0.29) is 6.09 Å². The van der Waals surface area contributed by atoms with Crippen molar-refractivity contribution in [3.8, 4) is 5.75 Å². The molecule has 1 aliphatic heterocycles. The number of anilines is 1. The number of ether oxygens (including phenoxy) is 2. The molecular formula is C23H29N3O3. The first-order valence-electron chi connectivity index (χ1n) is 10.2. The minimum absolute atomic E-state index is 0.283. The number of nitrogens with zero attached hydrogens (tertiary/aromatic N) is 2. The third kappa shape index (κ3) is 5.50. The van der Waals surface area contributed by atoms with Gasteiger partial charge < -0.3 is 14.5 Å². The van der Waals surface area contributed by atoms with Crippen molar-refractivity contribution in [1.29, 1.82) is 0 Å². The molecule has 2 heterocycles. The molecule has 0 bridgehead atoms. The van der Waals surface area contributed by atoms with Crippen LogP contribution in [0.5, 0.6) is 5.75 Å². The molecule has 29 heavy (non-hydrogen) atoms. The monoisotopic (exact) mass is 395 g/mol. The molecule has 0 radical (unpaired) electrons. The summed E-state index contributed by atoms with van der Waals surface area (Å²) in [5.41, 5.74) is 3.94. The number of fused-ring (bicyclic) bond motifs is 1. The molecule has 6 nitrogen and oxygen atoms in total. The number of amides is 1. The van der Waals surface area contributed by atoms with Gasteiger partial charge in [0.2, 0.25) is 0 Å². The van der Waals surface area contributed by atoms with Crippen molar-refractivity contribution in [2.75, 3.05) is 18.1 Å². The highest BCUT2D eigenvalue weighted by molar-refractivity contribution is 5.92. The highest BCUT2D eigenvalue weighted by atomic mass is 16.6. The second kappa shape index (κ2) is 9.96. The fraction of sp³-hybridized carbons (Fsp3) is 0.391. The van der Waals surface area contributed by atoms with Crippen LogP contribution in [0.1, 0.15) is 38.7 Å². The molecule has 1 N–H and O–H groups in total. The smallest absolute Gasteiger partial charge is 0.414 e. The first kappa shape index (κ1) is 20.7. The van der Waals surface area contributed by atoms with Crippen LogP contribution in [0.15, 0.2) is 48.8 Å². The van der Waals surface area contributed by atoms with Crippen LogP contribution >= 0.6 is 0 Å². The average Bonchev–Trinajstić information content (AvgIpc) is 3.37. The summed E-state index contributed by atoms with van der Waals surface area (Å²) in [4.78, 5) is 20.1. The van der Waals surface area contributed by atoms with Gasteiger partial charge in [0.05, 0.1) is 30.0 Å². The summed E-state index contributed by atoms with van der Waals surface area (Å²) in [7, 11) is 0. The minimum atomic E-state index is -0.283. The number of hydrogen-bond donors (Lipinski definition) is 1. The van der Waals surface area contributed by atoms with Crippen molar-refractivity contribution in [3.05, 3.63) is 54.4 Å². The van der Waals surface area contributed by atoms with Gasteiger partial charge in [-0.1, -0.05) is 38.0 Å². The number of nitrogens with one attached hydrogen (secondary N) is 1. The van der Waals surface area contributed by atoms with Crippen LogP contribution in [0.4, 0.5) is 10.5 Å². The van der Waals surface area contributed by atoms with Crippen molar-refractivity contribution in [2.45, 2.75) is 46.1 Å². The molecule has 3 aromatic rings. The molecule has 1 aromatic heterocycles. The topological polar surface area (TPSA) is 67.5 Å². The largest absolute Gasteiger partial charge is 0.490 e. The predicted molar refractivity (Wildman–Crippen MR) is 116 cm³/mol. The minimum Gasteiger partial charge on any atom is -0.490 e. The number of carbonyl (C=O) groups excluding carboxylic acids is 1. The second-order valence-electron chi connectivity index (χ2n) is 7.12. The molecular weight excluding hydrogens is 366 g/mol. The molecule has 4 rings (SSSR count). The summed E-state index contributed by atoms with van der Waals surface area (Å²) in [6.45, 7) is 7.53. The Morgan fingerprint density at radius 1 is 1.21 bits per heavy atom. The van der Waals surface area contributed by atoms with E-state index in [9.17, 15) is 4.79 Å². The quantitative estimate of drug-likeness (QED) is 0.601. The SMILES string of the molecule is CCCC(CC)Oc1ccc(C)cc1.O=C1OCCN1c1ccc2nc[nH]c2c1. The maximum atomic E-state index is 11.3. The molecule has 0 aliphatic carbocycles. The van der Waals surface area contributed by atoms with Gasteiger partial charge in [-0.05, 0) is 50.1 Å². The maximum absolute atomic E-state index is 11.3. The van der Waals surface area contributed by atoms with Crippen LogP contribution in [-0.2, 0) is 4.74 Å². The molecule has 1 saturated heterocycles. The van der Waals surface area contributed by atoms with E-state index in [2.05, 4.69) is 42.9 Å². The summed E-state index contributed by atoms with van der Waals surface area (Å²) < 4.78 is 10.7. The first-order chi connectivity index (χ1) is 14.1. The van der Waals surface area contributed by atoms with E-state index in [0.29, 0.717) is 19.3 Å². The molecule has 1 fully saturated rings. The highest BCUT2D eigenvalue weighted by Crippen LogP contribution is 2.22. The van der Waals surface area contributed by atoms with E-state index in [1.807, 2.05) is 30.3 Å². The van der Waals surface area contributed by atoms with Crippen LogP contribution in [-0.4, -0.2) is 35.3 Å². The van der Waals surface area contributed by atoms with Crippen LogP contribution in [0.25, 0.3) is 11.0 Å². The van der Waals surface area contributed by atoms with Crippen LogP contribution < -0.4 is 9.64 Å². The Hall–Kier alpha value is -3.02. The Labute approximate surface area is 171 Å². The van der Waals surface area contributed by atoms with Crippen molar-refractivity contribution in [2.24, 2.45) is 0 Å². The van der Waals surface area contributed by atoms with Gasteiger partial charge in [0.1, 0.15) is 12.4 Å². The lowest BCUT2D eigenvalue weighted by molar-refractivity contribution is 0.181. The Morgan fingerprint density at radius 3 is 2.66 bits per heavy atom. The molecule has 1 atom stereocenters. The van der Waals surface area contributed by atoms with Gasteiger partial charge in [0, 0.05) is 5.69 Å². The van der Waals surface area contributed by atoms with Gasteiger partial charge >= 0.3 is 6.09 Å². The van der Waals surface area contributed by atoms with E-state index in [1.54, 1.807) is 11.2 Å². The number of cyclic esters (lactones) is 1. The standard InChI is InChI=1S/C13H20O.C10H9N3O2/c1-4-6-12(5-2)14-13-9-7-11(3)8-10-13;14-10-13(3-4-15-10)7-1-2-8-9(5-7)12-6-11-8/h7-10,12H,4-6H2,1-3H3;1-2,5-6H,3-4H2,(H,11,12). The van der Waals surface area contributed by atoms with Crippen LogP contribution in [0.3, 0.4) is 0 Å². The molecule has 0 spiro atoms. The predicted octanol–water partition coefficient (Wildman–Crippen LogP) is 5.47. The number of hydrogen-bond acceptors (Lipinski definition) is 4. The Balaban J connectivity index is 0.000000166. The third-order valence-electron chi connectivity index (χ3n) is 4.87.